The molecule has 1 atom stereocenters. The minimum absolute atomic E-state index is 0.500. The molecule has 0 aliphatic carbocycles. The second-order valence-electron chi connectivity index (χ2n) is 3.34. The average Bonchev–Trinajstić information content (AvgIpc) is 2.62. The van der Waals surface area contributed by atoms with Crippen LogP contribution >= 0.6 is 23.6 Å². The summed E-state index contributed by atoms with van der Waals surface area (Å²) in [5, 5.41) is 2.10. The van der Waals surface area contributed by atoms with Gasteiger partial charge in [0.05, 0.1) is 5.69 Å². The second kappa shape index (κ2) is 3.36. The zero-order chi connectivity index (χ0) is 9.42. The van der Waals surface area contributed by atoms with Crippen LogP contribution in [0.3, 0.4) is 0 Å². The van der Waals surface area contributed by atoms with Crippen LogP contribution in [0.5, 0.6) is 0 Å². The lowest BCUT2D eigenvalue weighted by Gasteiger charge is -2.17. The van der Waals surface area contributed by atoms with Crippen LogP contribution in [0.1, 0.15) is 12.6 Å². The maximum atomic E-state index is 5.06. The average molecular weight is 212 g/mol. The highest BCUT2D eigenvalue weighted by atomic mass is 32.1. The number of thiazole rings is 1. The summed E-state index contributed by atoms with van der Waals surface area (Å²) in [7, 11) is 2.13. The molecular weight excluding hydrogens is 200 g/mol. The van der Waals surface area contributed by atoms with Crippen LogP contribution in [0.2, 0.25) is 0 Å². The standard InChI is InChI=1S/C9H12N2S2/c1-6-7(3-4-11(6)2)8-5-13-9(12)10-8/h3,5-6H,4H2,1-2H3,(H,10,12)/t6-/m0/s1. The predicted molar refractivity (Wildman–Crippen MR) is 59.6 cm³/mol. The lowest BCUT2D eigenvalue weighted by atomic mass is 10.1. The number of aromatic amines is 1. The zero-order valence-corrected chi connectivity index (χ0v) is 9.34. The van der Waals surface area contributed by atoms with Crippen LogP contribution < -0.4 is 0 Å². The normalized spacial score (nSPS) is 23.5. The van der Waals surface area contributed by atoms with Gasteiger partial charge < -0.3 is 4.98 Å². The van der Waals surface area contributed by atoms with Crippen molar-refractivity contribution in [3.05, 3.63) is 21.1 Å². The Hall–Kier alpha value is -0.450. The van der Waals surface area contributed by atoms with Crippen LogP contribution in [0.15, 0.2) is 11.5 Å². The van der Waals surface area contributed by atoms with Gasteiger partial charge in [-0.25, -0.2) is 0 Å². The van der Waals surface area contributed by atoms with Crippen molar-refractivity contribution in [3.8, 4) is 0 Å². The SMILES string of the molecule is C[C@H]1C(c2csc(=S)[nH]2)=CCN1C. The minimum Gasteiger partial charge on any atom is -0.337 e. The lowest BCUT2D eigenvalue weighted by Crippen LogP contribution is -2.24. The van der Waals surface area contributed by atoms with Crippen molar-refractivity contribution in [2.75, 3.05) is 13.6 Å². The largest absolute Gasteiger partial charge is 0.337 e. The van der Waals surface area contributed by atoms with E-state index in [0.717, 1.165) is 10.5 Å². The molecule has 70 valence electrons. The molecule has 0 fully saturated rings. The highest BCUT2D eigenvalue weighted by molar-refractivity contribution is 7.73. The summed E-state index contributed by atoms with van der Waals surface area (Å²) in [6, 6.07) is 0.500. The van der Waals surface area contributed by atoms with Crippen LogP contribution in [-0.2, 0) is 0 Å². The van der Waals surface area contributed by atoms with E-state index in [9.17, 15) is 0 Å². The van der Waals surface area contributed by atoms with E-state index in [1.54, 1.807) is 11.3 Å². The number of likely N-dealkylation sites (N-methyl/N-ethyl adjacent to an activating group) is 1. The van der Waals surface area contributed by atoms with Crippen LogP contribution in [-0.4, -0.2) is 29.5 Å². The quantitative estimate of drug-likeness (QED) is 0.721. The molecular formula is C9H12N2S2. The lowest BCUT2D eigenvalue weighted by molar-refractivity contribution is 0.357. The fraction of sp³-hybridized carbons (Fsp3) is 0.444. The molecule has 0 spiro atoms. The van der Waals surface area contributed by atoms with E-state index in [-0.39, 0.29) is 0 Å². The first-order chi connectivity index (χ1) is 6.18. The van der Waals surface area contributed by atoms with Gasteiger partial charge in [-0.2, -0.15) is 0 Å². The molecule has 1 aromatic rings. The molecule has 1 N–H and O–H groups in total. The van der Waals surface area contributed by atoms with Gasteiger partial charge in [0.2, 0.25) is 0 Å². The molecule has 2 rings (SSSR count). The molecule has 0 saturated carbocycles. The smallest absolute Gasteiger partial charge is 0.158 e. The molecule has 0 amide bonds. The Balaban J connectivity index is 2.33. The summed E-state index contributed by atoms with van der Waals surface area (Å²) in [5.41, 5.74) is 2.56. The number of nitrogens with zero attached hydrogens (tertiary/aromatic N) is 1. The van der Waals surface area contributed by atoms with Crippen molar-refractivity contribution in [1.29, 1.82) is 0 Å². The Morgan fingerprint density at radius 2 is 2.46 bits per heavy atom. The van der Waals surface area contributed by atoms with Gasteiger partial charge in [0.1, 0.15) is 0 Å². The first-order valence-electron chi connectivity index (χ1n) is 4.27. The Kier molecular flexibility index (Phi) is 2.36. The fourth-order valence-electron chi connectivity index (χ4n) is 1.56. The van der Waals surface area contributed by atoms with Crippen molar-refractivity contribution in [2.24, 2.45) is 0 Å². The van der Waals surface area contributed by atoms with Crippen molar-refractivity contribution in [3.63, 3.8) is 0 Å². The van der Waals surface area contributed by atoms with E-state index in [0.29, 0.717) is 6.04 Å². The Morgan fingerprint density at radius 1 is 1.69 bits per heavy atom. The summed E-state index contributed by atoms with van der Waals surface area (Å²) in [4.78, 5) is 5.52. The van der Waals surface area contributed by atoms with Crippen LogP contribution in [0, 0.1) is 3.95 Å². The molecule has 0 saturated heterocycles. The monoisotopic (exact) mass is 212 g/mol. The summed E-state index contributed by atoms with van der Waals surface area (Å²) in [5.74, 6) is 0. The van der Waals surface area contributed by atoms with E-state index in [4.69, 9.17) is 12.2 Å². The molecule has 0 unspecified atom stereocenters. The number of H-pyrrole nitrogens is 1. The first kappa shape index (κ1) is 9.12. The second-order valence-corrected chi connectivity index (χ2v) is 4.88. The summed E-state index contributed by atoms with van der Waals surface area (Å²) in [6.45, 7) is 3.25. The maximum Gasteiger partial charge on any atom is 0.158 e. The van der Waals surface area contributed by atoms with Gasteiger partial charge in [-0.15, -0.1) is 11.3 Å². The van der Waals surface area contributed by atoms with Gasteiger partial charge in [0.15, 0.2) is 3.95 Å². The van der Waals surface area contributed by atoms with Crippen LogP contribution in [0.25, 0.3) is 5.57 Å². The van der Waals surface area contributed by atoms with Crippen molar-refractivity contribution >= 4 is 29.1 Å². The highest BCUT2D eigenvalue weighted by Crippen LogP contribution is 2.26. The van der Waals surface area contributed by atoms with Crippen LogP contribution in [0.4, 0.5) is 0 Å². The molecule has 2 nitrogen and oxygen atoms in total. The molecule has 4 heteroatoms. The zero-order valence-electron chi connectivity index (χ0n) is 7.70. The molecule has 1 aromatic heterocycles. The van der Waals surface area contributed by atoms with Gasteiger partial charge >= 0.3 is 0 Å². The number of rotatable bonds is 1. The van der Waals surface area contributed by atoms with E-state index in [1.807, 2.05) is 0 Å². The van der Waals surface area contributed by atoms with Crippen molar-refractivity contribution in [1.82, 2.24) is 9.88 Å². The molecule has 2 heterocycles. The van der Waals surface area contributed by atoms with E-state index in [1.165, 1.54) is 11.3 Å². The fourth-order valence-corrected chi connectivity index (χ4v) is 2.41. The van der Waals surface area contributed by atoms with E-state index >= 15 is 0 Å². The Bertz CT molecular complexity index is 388. The van der Waals surface area contributed by atoms with E-state index in [2.05, 4.69) is 35.3 Å². The van der Waals surface area contributed by atoms with Gasteiger partial charge in [-0.1, -0.05) is 6.08 Å². The van der Waals surface area contributed by atoms with Gasteiger partial charge in [0, 0.05) is 18.0 Å². The number of hydrogen-bond acceptors (Lipinski definition) is 3. The third-order valence-electron chi connectivity index (χ3n) is 2.54. The van der Waals surface area contributed by atoms with Gasteiger partial charge in [-0.3, -0.25) is 4.90 Å². The molecule has 1 aliphatic heterocycles. The minimum atomic E-state index is 0.500. The van der Waals surface area contributed by atoms with Crippen molar-refractivity contribution < 1.29 is 0 Å². The number of nitrogens with one attached hydrogen (secondary N) is 1. The summed E-state index contributed by atoms with van der Waals surface area (Å²) < 4.78 is 0.859. The number of hydrogen-bond donors (Lipinski definition) is 1. The van der Waals surface area contributed by atoms with Crippen molar-refractivity contribution in [2.45, 2.75) is 13.0 Å². The topological polar surface area (TPSA) is 19.0 Å². The van der Waals surface area contributed by atoms with Gasteiger partial charge in [-0.05, 0) is 31.8 Å². The van der Waals surface area contributed by atoms with E-state index < -0.39 is 0 Å². The Labute approximate surface area is 86.9 Å². The maximum absolute atomic E-state index is 5.06. The third kappa shape index (κ3) is 1.61. The predicted octanol–water partition coefficient (Wildman–Crippen LogP) is 2.52. The molecule has 0 bridgehead atoms. The molecule has 1 aliphatic rings. The highest BCUT2D eigenvalue weighted by Gasteiger charge is 2.21. The molecule has 0 aromatic carbocycles. The molecule has 13 heavy (non-hydrogen) atoms. The summed E-state index contributed by atoms with van der Waals surface area (Å²) >= 11 is 6.65. The Morgan fingerprint density at radius 3 is 2.92 bits per heavy atom. The molecule has 0 radical (unpaired) electrons. The van der Waals surface area contributed by atoms with Gasteiger partial charge in [0.25, 0.3) is 0 Å². The first-order valence-corrected chi connectivity index (χ1v) is 5.56. The third-order valence-corrected chi connectivity index (χ3v) is 3.60. The summed E-state index contributed by atoms with van der Waals surface area (Å²) in [6.07, 6.45) is 2.26. The number of aromatic nitrogens is 1.